The van der Waals surface area contributed by atoms with Gasteiger partial charge < -0.3 is 9.64 Å². The third kappa shape index (κ3) is 1.98. The molecule has 4 heteroatoms. The van der Waals surface area contributed by atoms with Crippen LogP contribution in [-0.2, 0) is 14.3 Å². The van der Waals surface area contributed by atoms with Crippen LogP contribution in [0.25, 0.3) is 0 Å². The van der Waals surface area contributed by atoms with Crippen molar-refractivity contribution in [2.45, 2.75) is 32.6 Å². The van der Waals surface area contributed by atoms with Crippen molar-refractivity contribution in [1.29, 1.82) is 0 Å². The molecular formula is C11H19NO3. The minimum Gasteiger partial charge on any atom is -0.468 e. The van der Waals surface area contributed by atoms with Crippen LogP contribution in [0.15, 0.2) is 0 Å². The van der Waals surface area contributed by atoms with Gasteiger partial charge in [-0.25, -0.2) is 0 Å². The SMILES string of the molecule is CCCN(C)C(=O)C1(C(=O)OC)CCC1. The smallest absolute Gasteiger partial charge is 0.321 e. The number of carbonyl (C=O) groups excluding carboxylic acids is 2. The Morgan fingerprint density at radius 2 is 2.00 bits per heavy atom. The van der Waals surface area contributed by atoms with Crippen LogP contribution in [0.5, 0.6) is 0 Å². The van der Waals surface area contributed by atoms with Gasteiger partial charge in [0.05, 0.1) is 7.11 Å². The number of nitrogens with zero attached hydrogens (tertiary/aromatic N) is 1. The zero-order valence-electron chi connectivity index (χ0n) is 9.71. The predicted octanol–water partition coefficient (Wildman–Crippen LogP) is 1.20. The molecule has 1 aliphatic carbocycles. The van der Waals surface area contributed by atoms with Gasteiger partial charge in [0.25, 0.3) is 0 Å². The fraction of sp³-hybridized carbons (Fsp3) is 0.818. The standard InChI is InChI=1S/C11H19NO3/c1-4-8-12(2)9(13)11(6-5-7-11)10(14)15-3/h4-8H2,1-3H3. The number of hydrogen-bond acceptors (Lipinski definition) is 3. The van der Waals surface area contributed by atoms with E-state index in [0.29, 0.717) is 19.4 Å². The van der Waals surface area contributed by atoms with Crippen molar-refractivity contribution in [3.05, 3.63) is 0 Å². The number of rotatable bonds is 4. The molecule has 0 atom stereocenters. The molecule has 0 aromatic carbocycles. The van der Waals surface area contributed by atoms with Crippen LogP contribution in [0.2, 0.25) is 0 Å². The Balaban J connectivity index is 2.74. The molecular weight excluding hydrogens is 194 g/mol. The van der Waals surface area contributed by atoms with Gasteiger partial charge in [0.1, 0.15) is 5.41 Å². The van der Waals surface area contributed by atoms with Crippen LogP contribution in [0.3, 0.4) is 0 Å². The quantitative estimate of drug-likeness (QED) is 0.520. The Kier molecular flexibility index (Phi) is 3.72. The minimum atomic E-state index is -0.862. The van der Waals surface area contributed by atoms with E-state index >= 15 is 0 Å². The lowest BCUT2D eigenvalue weighted by Gasteiger charge is -2.39. The second kappa shape index (κ2) is 4.64. The predicted molar refractivity (Wildman–Crippen MR) is 56.2 cm³/mol. The summed E-state index contributed by atoms with van der Waals surface area (Å²) in [5.41, 5.74) is -0.862. The summed E-state index contributed by atoms with van der Waals surface area (Å²) in [4.78, 5) is 25.3. The molecule has 1 amide bonds. The van der Waals surface area contributed by atoms with Crippen molar-refractivity contribution in [2.24, 2.45) is 5.41 Å². The molecule has 1 fully saturated rings. The molecule has 0 saturated heterocycles. The lowest BCUT2D eigenvalue weighted by molar-refractivity contribution is -0.169. The average Bonchev–Trinajstić information content (AvgIpc) is 2.16. The zero-order valence-corrected chi connectivity index (χ0v) is 9.71. The van der Waals surface area contributed by atoms with Gasteiger partial charge in [-0.05, 0) is 19.3 Å². The molecule has 0 aliphatic heterocycles. The third-order valence-electron chi connectivity index (χ3n) is 3.10. The largest absolute Gasteiger partial charge is 0.468 e. The molecule has 0 spiro atoms. The molecule has 1 aliphatic rings. The van der Waals surface area contributed by atoms with Crippen molar-refractivity contribution < 1.29 is 14.3 Å². The van der Waals surface area contributed by atoms with Gasteiger partial charge in [0.2, 0.25) is 5.91 Å². The molecule has 0 aromatic heterocycles. The van der Waals surface area contributed by atoms with E-state index in [2.05, 4.69) is 0 Å². The van der Waals surface area contributed by atoms with Crippen molar-refractivity contribution in [1.82, 2.24) is 4.90 Å². The number of hydrogen-bond donors (Lipinski definition) is 0. The minimum absolute atomic E-state index is 0.0811. The highest BCUT2D eigenvalue weighted by Crippen LogP contribution is 2.43. The highest BCUT2D eigenvalue weighted by Gasteiger charge is 2.52. The number of amides is 1. The topological polar surface area (TPSA) is 46.6 Å². The van der Waals surface area contributed by atoms with Gasteiger partial charge in [-0.3, -0.25) is 9.59 Å². The number of methoxy groups -OCH3 is 1. The van der Waals surface area contributed by atoms with Gasteiger partial charge >= 0.3 is 5.97 Å². The summed E-state index contributed by atoms with van der Waals surface area (Å²) in [6, 6.07) is 0. The molecule has 1 saturated carbocycles. The second-order valence-corrected chi connectivity index (χ2v) is 4.15. The maximum Gasteiger partial charge on any atom is 0.321 e. The molecule has 15 heavy (non-hydrogen) atoms. The summed E-state index contributed by atoms with van der Waals surface area (Å²) in [7, 11) is 3.09. The van der Waals surface area contributed by atoms with Crippen LogP contribution in [0, 0.1) is 5.41 Å². The Morgan fingerprint density at radius 3 is 2.33 bits per heavy atom. The van der Waals surface area contributed by atoms with Crippen molar-refractivity contribution in [3.63, 3.8) is 0 Å². The monoisotopic (exact) mass is 213 g/mol. The van der Waals surface area contributed by atoms with E-state index in [1.807, 2.05) is 6.92 Å². The van der Waals surface area contributed by atoms with E-state index in [-0.39, 0.29) is 11.9 Å². The lowest BCUT2D eigenvalue weighted by Crippen LogP contribution is -2.52. The van der Waals surface area contributed by atoms with E-state index in [0.717, 1.165) is 12.8 Å². The molecule has 4 nitrogen and oxygen atoms in total. The van der Waals surface area contributed by atoms with Crippen LogP contribution < -0.4 is 0 Å². The Bertz CT molecular complexity index is 259. The van der Waals surface area contributed by atoms with E-state index in [4.69, 9.17) is 4.74 Å². The molecule has 0 radical (unpaired) electrons. The van der Waals surface area contributed by atoms with Crippen LogP contribution in [0.1, 0.15) is 32.6 Å². The number of ether oxygens (including phenoxy) is 1. The molecule has 0 aromatic rings. The summed E-state index contributed by atoms with van der Waals surface area (Å²) < 4.78 is 4.72. The molecule has 0 heterocycles. The van der Waals surface area contributed by atoms with Crippen molar-refractivity contribution >= 4 is 11.9 Å². The van der Waals surface area contributed by atoms with Crippen LogP contribution >= 0.6 is 0 Å². The maximum atomic E-state index is 12.1. The molecule has 0 unspecified atom stereocenters. The Labute approximate surface area is 90.6 Å². The first-order valence-electron chi connectivity index (χ1n) is 5.42. The summed E-state index contributed by atoms with van der Waals surface area (Å²) in [6.07, 6.45) is 3.10. The third-order valence-corrected chi connectivity index (χ3v) is 3.10. The first kappa shape index (κ1) is 12.0. The first-order valence-corrected chi connectivity index (χ1v) is 5.42. The average molecular weight is 213 g/mol. The number of esters is 1. The van der Waals surface area contributed by atoms with E-state index < -0.39 is 5.41 Å². The van der Waals surface area contributed by atoms with Crippen LogP contribution in [0.4, 0.5) is 0 Å². The van der Waals surface area contributed by atoms with Crippen LogP contribution in [-0.4, -0.2) is 37.5 Å². The first-order chi connectivity index (χ1) is 7.08. The van der Waals surface area contributed by atoms with Gasteiger partial charge in [0, 0.05) is 13.6 Å². The van der Waals surface area contributed by atoms with Crippen molar-refractivity contribution in [2.75, 3.05) is 20.7 Å². The maximum absolute atomic E-state index is 12.1. The highest BCUT2D eigenvalue weighted by atomic mass is 16.5. The van der Waals surface area contributed by atoms with E-state index in [9.17, 15) is 9.59 Å². The highest BCUT2D eigenvalue weighted by molar-refractivity contribution is 6.03. The fourth-order valence-electron chi connectivity index (χ4n) is 2.03. The summed E-state index contributed by atoms with van der Waals surface area (Å²) >= 11 is 0. The Morgan fingerprint density at radius 1 is 1.40 bits per heavy atom. The normalized spacial score (nSPS) is 17.8. The van der Waals surface area contributed by atoms with Gasteiger partial charge in [0.15, 0.2) is 0 Å². The second-order valence-electron chi connectivity index (χ2n) is 4.15. The van der Waals surface area contributed by atoms with Crippen molar-refractivity contribution in [3.8, 4) is 0 Å². The molecule has 0 N–H and O–H groups in total. The molecule has 1 rings (SSSR count). The Hall–Kier alpha value is -1.06. The molecule has 0 bridgehead atoms. The summed E-state index contributed by atoms with van der Waals surface area (Å²) in [5.74, 6) is -0.454. The molecule has 86 valence electrons. The summed E-state index contributed by atoms with van der Waals surface area (Å²) in [5, 5.41) is 0. The number of carbonyl (C=O) groups is 2. The fourth-order valence-corrected chi connectivity index (χ4v) is 2.03. The van der Waals surface area contributed by atoms with Gasteiger partial charge in [-0.15, -0.1) is 0 Å². The lowest BCUT2D eigenvalue weighted by atomic mass is 9.67. The van der Waals surface area contributed by atoms with Gasteiger partial charge in [-0.2, -0.15) is 0 Å². The summed E-state index contributed by atoms with van der Waals surface area (Å²) in [6.45, 7) is 2.70. The van der Waals surface area contributed by atoms with Gasteiger partial charge in [-0.1, -0.05) is 13.3 Å². The zero-order chi connectivity index (χ0) is 11.5. The van der Waals surface area contributed by atoms with E-state index in [1.165, 1.54) is 7.11 Å². The van der Waals surface area contributed by atoms with E-state index in [1.54, 1.807) is 11.9 Å².